The summed E-state index contributed by atoms with van der Waals surface area (Å²) in [6.45, 7) is 4.64. The molecule has 0 saturated heterocycles. The SMILES string of the molecule is COC(=O)C1(CSC)N=CN(C2CCCCC2)C1CC1CCC(C(C)(C)Nc2ccc(Cl)cc2)CC1. The Hall–Kier alpha value is -1.40. The Morgan fingerprint density at radius 2 is 1.81 bits per heavy atom. The summed E-state index contributed by atoms with van der Waals surface area (Å²) in [5.74, 6) is 1.72. The lowest BCUT2D eigenvalue weighted by Crippen LogP contribution is -2.56. The van der Waals surface area contributed by atoms with Crippen molar-refractivity contribution in [2.45, 2.75) is 101 Å². The van der Waals surface area contributed by atoms with Crippen LogP contribution in [0.25, 0.3) is 0 Å². The van der Waals surface area contributed by atoms with Gasteiger partial charge in [-0.15, -0.1) is 0 Å². The summed E-state index contributed by atoms with van der Waals surface area (Å²) in [7, 11) is 1.52. The number of rotatable bonds is 9. The van der Waals surface area contributed by atoms with Crippen molar-refractivity contribution >= 4 is 41.4 Å². The first-order valence-corrected chi connectivity index (χ1v) is 15.5. The zero-order valence-electron chi connectivity index (χ0n) is 22.5. The van der Waals surface area contributed by atoms with Gasteiger partial charge >= 0.3 is 5.97 Å². The molecule has 2 atom stereocenters. The van der Waals surface area contributed by atoms with Gasteiger partial charge in [-0.2, -0.15) is 11.8 Å². The van der Waals surface area contributed by atoms with Crippen LogP contribution < -0.4 is 5.32 Å². The molecule has 2 aliphatic carbocycles. The molecule has 1 aromatic carbocycles. The largest absolute Gasteiger partial charge is 0.467 e. The van der Waals surface area contributed by atoms with Gasteiger partial charge in [-0.05, 0) is 88.3 Å². The number of benzene rings is 1. The lowest BCUT2D eigenvalue weighted by molar-refractivity contribution is -0.148. The highest BCUT2D eigenvalue weighted by Gasteiger charge is 2.54. The number of hydrogen-bond donors (Lipinski definition) is 1. The number of nitrogens with zero attached hydrogens (tertiary/aromatic N) is 2. The maximum atomic E-state index is 13.2. The van der Waals surface area contributed by atoms with Crippen molar-refractivity contribution in [3.8, 4) is 0 Å². The Kier molecular flexibility index (Phi) is 9.19. The normalized spacial score (nSPS) is 29.4. The van der Waals surface area contributed by atoms with Crippen molar-refractivity contribution in [1.82, 2.24) is 4.90 Å². The molecule has 1 aromatic rings. The zero-order valence-corrected chi connectivity index (χ0v) is 24.0. The highest BCUT2D eigenvalue weighted by atomic mass is 35.5. The number of thioether (sulfide) groups is 1. The summed E-state index contributed by atoms with van der Waals surface area (Å²) < 4.78 is 5.36. The molecular formula is C29H44ClN3O2S. The fourth-order valence-corrected chi connectivity index (χ4v) is 7.80. The maximum absolute atomic E-state index is 13.2. The van der Waals surface area contributed by atoms with Crippen LogP contribution in [-0.2, 0) is 9.53 Å². The van der Waals surface area contributed by atoms with E-state index >= 15 is 0 Å². The molecule has 2 saturated carbocycles. The average molecular weight is 534 g/mol. The Balaban J connectivity index is 1.44. The zero-order chi connectivity index (χ0) is 25.8. The summed E-state index contributed by atoms with van der Waals surface area (Å²) in [6, 6.07) is 8.62. The van der Waals surface area contributed by atoms with E-state index in [1.165, 1.54) is 64.9 Å². The second kappa shape index (κ2) is 12.0. The van der Waals surface area contributed by atoms with Crippen molar-refractivity contribution in [1.29, 1.82) is 0 Å². The Labute approximate surface area is 227 Å². The van der Waals surface area contributed by atoms with E-state index in [1.807, 2.05) is 18.5 Å². The summed E-state index contributed by atoms with van der Waals surface area (Å²) in [4.78, 5) is 20.6. The highest BCUT2D eigenvalue weighted by Crippen LogP contribution is 2.43. The Morgan fingerprint density at radius 1 is 1.14 bits per heavy atom. The number of anilines is 1. The van der Waals surface area contributed by atoms with Crippen LogP contribution in [0.3, 0.4) is 0 Å². The molecule has 0 amide bonds. The van der Waals surface area contributed by atoms with Crippen molar-refractivity contribution in [2.24, 2.45) is 16.8 Å². The lowest BCUT2D eigenvalue weighted by Gasteiger charge is -2.44. The van der Waals surface area contributed by atoms with Gasteiger partial charge in [0, 0.05) is 28.0 Å². The summed E-state index contributed by atoms with van der Waals surface area (Å²) in [5, 5.41) is 4.52. The molecular weight excluding hydrogens is 490 g/mol. The van der Waals surface area contributed by atoms with E-state index in [0.717, 1.165) is 17.1 Å². The molecule has 0 bridgehead atoms. The number of carbonyl (C=O) groups is 1. The molecule has 0 aromatic heterocycles. The third-order valence-corrected chi connectivity index (χ3v) is 9.95. The van der Waals surface area contributed by atoms with Gasteiger partial charge < -0.3 is 15.0 Å². The predicted molar refractivity (Wildman–Crippen MR) is 153 cm³/mol. The fourth-order valence-electron chi connectivity index (χ4n) is 6.85. The highest BCUT2D eigenvalue weighted by molar-refractivity contribution is 7.98. The van der Waals surface area contributed by atoms with Crippen LogP contribution >= 0.6 is 23.4 Å². The summed E-state index contributed by atoms with van der Waals surface area (Å²) >= 11 is 7.78. The van der Waals surface area contributed by atoms with Crippen molar-refractivity contribution in [3.63, 3.8) is 0 Å². The Morgan fingerprint density at radius 3 is 2.42 bits per heavy atom. The summed E-state index contributed by atoms with van der Waals surface area (Å²) in [6.07, 6.45) is 16.2. The molecule has 5 nitrogen and oxygen atoms in total. The minimum Gasteiger partial charge on any atom is -0.467 e. The molecule has 1 heterocycles. The molecule has 3 aliphatic rings. The number of nitrogens with one attached hydrogen (secondary N) is 1. The van der Waals surface area contributed by atoms with E-state index in [4.69, 9.17) is 21.3 Å². The molecule has 0 radical (unpaired) electrons. The van der Waals surface area contributed by atoms with Gasteiger partial charge in [0.1, 0.15) is 0 Å². The van der Waals surface area contributed by atoms with Crippen LogP contribution in [0.2, 0.25) is 5.02 Å². The molecule has 1 N–H and O–H groups in total. The third-order valence-electron chi connectivity index (χ3n) is 8.97. The van der Waals surface area contributed by atoms with Gasteiger partial charge in [0.2, 0.25) is 0 Å². The van der Waals surface area contributed by atoms with Gasteiger partial charge in [-0.1, -0.05) is 43.7 Å². The van der Waals surface area contributed by atoms with Gasteiger partial charge in [0.05, 0.1) is 19.5 Å². The minimum atomic E-state index is -0.780. The predicted octanol–water partition coefficient (Wildman–Crippen LogP) is 7.05. The van der Waals surface area contributed by atoms with Crippen LogP contribution in [0.1, 0.15) is 78.1 Å². The lowest BCUT2D eigenvalue weighted by atomic mass is 9.70. The Bertz CT molecular complexity index is 894. The smallest absolute Gasteiger partial charge is 0.336 e. The average Bonchev–Trinajstić information content (AvgIpc) is 3.24. The van der Waals surface area contributed by atoms with Gasteiger partial charge in [-0.3, -0.25) is 4.99 Å². The molecule has 4 rings (SSSR count). The van der Waals surface area contributed by atoms with Gasteiger partial charge in [-0.25, -0.2) is 4.79 Å². The standard InChI is InChI=1S/C29H44ClN3O2S/c1-28(2,32-24-16-14-23(30)15-17-24)22-12-10-21(11-13-22)18-26-29(19-36-4,27(34)35-3)31-20-33(26)25-8-6-5-7-9-25/h14-17,20-22,25-26,32H,5-13,18-19H2,1-4H3. The van der Waals surface area contributed by atoms with Crippen molar-refractivity contribution in [3.05, 3.63) is 29.3 Å². The van der Waals surface area contributed by atoms with Crippen molar-refractivity contribution in [2.75, 3.05) is 24.4 Å². The van der Waals surface area contributed by atoms with Gasteiger partial charge in [0.25, 0.3) is 0 Å². The first-order valence-electron chi connectivity index (χ1n) is 13.7. The van der Waals surface area contributed by atoms with Crippen LogP contribution in [0, 0.1) is 11.8 Å². The third kappa shape index (κ3) is 6.01. The first-order chi connectivity index (χ1) is 17.3. The maximum Gasteiger partial charge on any atom is 0.336 e. The van der Waals surface area contributed by atoms with E-state index < -0.39 is 5.54 Å². The number of methoxy groups -OCH3 is 1. The molecule has 2 fully saturated rings. The molecule has 36 heavy (non-hydrogen) atoms. The van der Waals surface area contributed by atoms with Gasteiger partial charge in [0.15, 0.2) is 5.54 Å². The first kappa shape index (κ1) is 27.6. The van der Waals surface area contributed by atoms with Crippen LogP contribution in [0.5, 0.6) is 0 Å². The number of halogens is 1. The quantitative estimate of drug-likeness (QED) is 0.345. The molecule has 1 aliphatic heterocycles. The molecule has 7 heteroatoms. The van der Waals surface area contributed by atoms with E-state index in [-0.39, 0.29) is 17.6 Å². The van der Waals surface area contributed by atoms with E-state index in [1.54, 1.807) is 11.8 Å². The number of esters is 1. The molecule has 200 valence electrons. The van der Waals surface area contributed by atoms with Crippen LogP contribution in [0.4, 0.5) is 5.69 Å². The monoisotopic (exact) mass is 533 g/mol. The number of hydrogen-bond acceptors (Lipinski definition) is 6. The second-order valence-corrected chi connectivity index (χ2v) is 13.0. The van der Waals surface area contributed by atoms with Crippen LogP contribution in [-0.4, -0.2) is 59.5 Å². The number of carbonyl (C=O) groups excluding carboxylic acids is 1. The molecule has 0 spiro atoms. The van der Waals surface area contributed by atoms with E-state index in [0.29, 0.717) is 23.6 Å². The minimum absolute atomic E-state index is 0.0119. The van der Waals surface area contributed by atoms with Crippen molar-refractivity contribution < 1.29 is 9.53 Å². The fraction of sp³-hybridized carbons (Fsp3) is 0.724. The van der Waals surface area contributed by atoms with Crippen LogP contribution in [0.15, 0.2) is 29.3 Å². The van der Waals surface area contributed by atoms with E-state index in [9.17, 15) is 4.79 Å². The number of ether oxygens (including phenoxy) is 1. The second-order valence-electron chi connectivity index (χ2n) is 11.7. The molecule has 2 unspecified atom stereocenters. The number of aliphatic imine (C=N–C) groups is 1. The topological polar surface area (TPSA) is 53.9 Å². The summed E-state index contributed by atoms with van der Waals surface area (Å²) in [5.41, 5.74) is 0.355. The van der Waals surface area contributed by atoms with E-state index in [2.05, 4.69) is 42.5 Å².